The van der Waals surface area contributed by atoms with E-state index in [-0.39, 0.29) is 6.29 Å². The van der Waals surface area contributed by atoms with Crippen LogP contribution in [0.1, 0.15) is 37.1 Å². The molecule has 5 nitrogen and oxygen atoms in total. The van der Waals surface area contributed by atoms with Crippen LogP contribution in [0.25, 0.3) is 0 Å². The Kier molecular flexibility index (Phi) is 2.88. The van der Waals surface area contributed by atoms with Crippen molar-refractivity contribution in [1.29, 1.82) is 0 Å². The molecule has 0 amide bonds. The summed E-state index contributed by atoms with van der Waals surface area (Å²) in [6.45, 7) is 2.37. The minimum absolute atomic E-state index is 0.0347. The summed E-state index contributed by atoms with van der Waals surface area (Å²) in [5, 5.41) is 8.26. The third-order valence-electron chi connectivity index (χ3n) is 3.25. The summed E-state index contributed by atoms with van der Waals surface area (Å²) in [6.07, 6.45) is 5.58. The fourth-order valence-electron chi connectivity index (χ4n) is 2.34. The topological polar surface area (TPSA) is 49.2 Å². The molecule has 0 radical (unpaired) electrons. The smallest absolute Gasteiger partial charge is 0.158 e. The maximum absolute atomic E-state index is 5.71. The molecule has 2 aliphatic heterocycles. The molecular formula is C11H17N3O2. The summed E-state index contributed by atoms with van der Waals surface area (Å²) in [5.74, 6) is 0. The van der Waals surface area contributed by atoms with E-state index >= 15 is 0 Å². The first-order valence-electron chi connectivity index (χ1n) is 6.08. The summed E-state index contributed by atoms with van der Waals surface area (Å²) in [7, 11) is 0. The molecule has 0 unspecified atom stereocenters. The first-order chi connectivity index (χ1) is 7.93. The van der Waals surface area contributed by atoms with Gasteiger partial charge in [-0.3, -0.25) is 0 Å². The van der Waals surface area contributed by atoms with Crippen molar-refractivity contribution in [2.75, 3.05) is 6.61 Å². The Morgan fingerprint density at radius 2 is 2.38 bits per heavy atom. The maximum atomic E-state index is 5.71. The molecule has 0 saturated carbocycles. The van der Waals surface area contributed by atoms with Crippen molar-refractivity contribution in [3.05, 3.63) is 11.4 Å². The molecule has 1 aromatic heterocycles. The van der Waals surface area contributed by atoms with Crippen molar-refractivity contribution < 1.29 is 9.47 Å². The first kappa shape index (κ1) is 10.2. The highest BCUT2D eigenvalue weighted by atomic mass is 16.7. The number of hydrogen-bond acceptors (Lipinski definition) is 4. The van der Waals surface area contributed by atoms with E-state index in [1.165, 1.54) is 18.5 Å². The third kappa shape index (κ3) is 1.97. The second-order valence-electron chi connectivity index (χ2n) is 4.42. The number of fused-ring (bicyclic) bond motifs is 1. The molecule has 0 aliphatic carbocycles. The fourth-order valence-corrected chi connectivity index (χ4v) is 2.34. The molecule has 0 aromatic carbocycles. The van der Waals surface area contributed by atoms with E-state index in [0.717, 1.165) is 38.1 Å². The normalized spacial score (nSPS) is 24.6. The van der Waals surface area contributed by atoms with E-state index in [1.807, 2.05) is 4.68 Å². The molecule has 88 valence electrons. The molecular weight excluding hydrogens is 206 g/mol. The molecule has 2 aliphatic rings. The summed E-state index contributed by atoms with van der Waals surface area (Å²) in [4.78, 5) is 0. The summed E-state index contributed by atoms with van der Waals surface area (Å²) in [5.41, 5.74) is 2.24. The second-order valence-corrected chi connectivity index (χ2v) is 4.42. The van der Waals surface area contributed by atoms with Gasteiger partial charge in [0.2, 0.25) is 0 Å². The Morgan fingerprint density at radius 1 is 1.38 bits per heavy atom. The molecule has 16 heavy (non-hydrogen) atoms. The van der Waals surface area contributed by atoms with E-state index in [2.05, 4.69) is 10.3 Å². The Bertz CT molecular complexity index is 358. The van der Waals surface area contributed by atoms with Crippen molar-refractivity contribution in [1.82, 2.24) is 15.0 Å². The Balaban J connectivity index is 1.57. The van der Waals surface area contributed by atoms with Gasteiger partial charge in [0.15, 0.2) is 6.29 Å². The summed E-state index contributed by atoms with van der Waals surface area (Å²) in [6, 6.07) is 0. The Hall–Kier alpha value is -0.940. The molecule has 3 heterocycles. The molecule has 1 aromatic rings. The lowest BCUT2D eigenvalue weighted by Gasteiger charge is -2.22. The predicted molar refractivity (Wildman–Crippen MR) is 56.7 cm³/mol. The zero-order chi connectivity index (χ0) is 10.8. The van der Waals surface area contributed by atoms with Crippen molar-refractivity contribution >= 4 is 0 Å². The molecule has 1 fully saturated rings. The largest absolute Gasteiger partial charge is 0.353 e. The molecule has 5 heteroatoms. The van der Waals surface area contributed by atoms with Crippen LogP contribution in [0, 0.1) is 0 Å². The fraction of sp³-hybridized carbons (Fsp3) is 0.818. The molecule has 1 atom stereocenters. The van der Waals surface area contributed by atoms with Crippen LogP contribution < -0.4 is 0 Å². The van der Waals surface area contributed by atoms with Crippen molar-refractivity contribution in [2.24, 2.45) is 0 Å². The number of aryl methyl sites for hydroxylation is 1. The van der Waals surface area contributed by atoms with Gasteiger partial charge < -0.3 is 9.47 Å². The number of rotatable bonds is 3. The van der Waals surface area contributed by atoms with E-state index in [1.54, 1.807) is 0 Å². The van der Waals surface area contributed by atoms with E-state index in [0.29, 0.717) is 6.61 Å². The summed E-state index contributed by atoms with van der Waals surface area (Å²) >= 11 is 0. The SMILES string of the molecule is C1CC[C@@H](OCc2nnn3c2CCC3)OC1. The monoisotopic (exact) mass is 223 g/mol. The third-order valence-corrected chi connectivity index (χ3v) is 3.25. The molecule has 0 spiro atoms. The van der Waals surface area contributed by atoms with Gasteiger partial charge in [-0.2, -0.15) is 0 Å². The van der Waals surface area contributed by atoms with Crippen LogP contribution in [0.3, 0.4) is 0 Å². The van der Waals surface area contributed by atoms with Gasteiger partial charge in [-0.1, -0.05) is 5.21 Å². The highest BCUT2D eigenvalue weighted by Crippen LogP contribution is 2.19. The lowest BCUT2D eigenvalue weighted by atomic mass is 10.2. The molecule has 0 N–H and O–H groups in total. The van der Waals surface area contributed by atoms with Crippen molar-refractivity contribution in [3.63, 3.8) is 0 Å². The van der Waals surface area contributed by atoms with E-state index in [9.17, 15) is 0 Å². The lowest BCUT2D eigenvalue weighted by Crippen LogP contribution is -2.22. The Labute approximate surface area is 94.7 Å². The number of aromatic nitrogens is 3. The lowest BCUT2D eigenvalue weighted by molar-refractivity contribution is -0.169. The number of nitrogens with zero attached hydrogens (tertiary/aromatic N) is 3. The average Bonchev–Trinajstić information content (AvgIpc) is 2.90. The summed E-state index contributed by atoms with van der Waals surface area (Å²) < 4.78 is 13.2. The van der Waals surface area contributed by atoms with Crippen LogP contribution >= 0.6 is 0 Å². The highest BCUT2D eigenvalue weighted by molar-refractivity contribution is 5.11. The molecule has 0 bridgehead atoms. The zero-order valence-electron chi connectivity index (χ0n) is 9.39. The zero-order valence-corrected chi connectivity index (χ0v) is 9.39. The molecule has 3 rings (SSSR count). The van der Waals surface area contributed by atoms with Crippen LogP contribution in [0.4, 0.5) is 0 Å². The van der Waals surface area contributed by atoms with Crippen LogP contribution in [0.5, 0.6) is 0 Å². The number of hydrogen-bond donors (Lipinski definition) is 0. The van der Waals surface area contributed by atoms with Gasteiger partial charge in [0.1, 0.15) is 5.69 Å². The van der Waals surface area contributed by atoms with Crippen molar-refractivity contribution in [2.45, 2.75) is 51.5 Å². The van der Waals surface area contributed by atoms with Crippen LogP contribution in [-0.4, -0.2) is 27.9 Å². The van der Waals surface area contributed by atoms with Crippen LogP contribution in [-0.2, 0) is 29.0 Å². The first-order valence-corrected chi connectivity index (χ1v) is 6.08. The van der Waals surface area contributed by atoms with E-state index < -0.39 is 0 Å². The molecule has 1 saturated heterocycles. The van der Waals surface area contributed by atoms with Gasteiger partial charge in [0, 0.05) is 13.2 Å². The minimum Gasteiger partial charge on any atom is -0.353 e. The van der Waals surface area contributed by atoms with Gasteiger partial charge in [-0.25, -0.2) is 4.68 Å². The van der Waals surface area contributed by atoms with Crippen LogP contribution in [0.15, 0.2) is 0 Å². The van der Waals surface area contributed by atoms with Crippen molar-refractivity contribution in [3.8, 4) is 0 Å². The maximum Gasteiger partial charge on any atom is 0.158 e. The highest BCUT2D eigenvalue weighted by Gasteiger charge is 2.20. The van der Waals surface area contributed by atoms with Gasteiger partial charge >= 0.3 is 0 Å². The van der Waals surface area contributed by atoms with Gasteiger partial charge in [0.25, 0.3) is 0 Å². The average molecular weight is 223 g/mol. The second kappa shape index (κ2) is 4.51. The quantitative estimate of drug-likeness (QED) is 0.774. The number of ether oxygens (including phenoxy) is 2. The standard InChI is InChI=1S/C11H17N3O2/c1-2-7-15-11(5-1)16-8-9-10-4-3-6-14(10)13-12-9/h11H,1-8H2/t11-/m1/s1. The van der Waals surface area contributed by atoms with Gasteiger partial charge in [0.05, 0.1) is 12.3 Å². The van der Waals surface area contributed by atoms with Gasteiger partial charge in [-0.15, -0.1) is 5.10 Å². The predicted octanol–water partition coefficient (Wildman–Crippen LogP) is 1.27. The van der Waals surface area contributed by atoms with Gasteiger partial charge in [-0.05, 0) is 32.1 Å². The Morgan fingerprint density at radius 3 is 3.25 bits per heavy atom. The minimum atomic E-state index is -0.0347. The van der Waals surface area contributed by atoms with E-state index in [4.69, 9.17) is 9.47 Å². The van der Waals surface area contributed by atoms with Crippen LogP contribution in [0.2, 0.25) is 0 Å².